The number of halogens is 2. The fraction of sp³-hybridized carbons (Fsp3) is 0.294. The molecule has 0 aliphatic heterocycles. The quantitative estimate of drug-likeness (QED) is 0.749. The van der Waals surface area contributed by atoms with Crippen molar-refractivity contribution in [3.8, 4) is 0 Å². The van der Waals surface area contributed by atoms with Crippen LogP contribution >= 0.6 is 23.4 Å². The van der Waals surface area contributed by atoms with Crippen molar-refractivity contribution in [2.24, 2.45) is 0 Å². The number of nitrogens with one attached hydrogen (secondary N) is 1. The van der Waals surface area contributed by atoms with Crippen LogP contribution in [0.5, 0.6) is 0 Å². The van der Waals surface area contributed by atoms with Gasteiger partial charge in [-0.15, -0.1) is 11.8 Å². The van der Waals surface area contributed by atoms with E-state index in [0.29, 0.717) is 22.4 Å². The minimum atomic E-state index is -0.235. The molecule has 2 aromatic carbocycles. The van der Waals surface area contributed by atoms with E-state index in [1.54, 1.807) is 23.9 Å². The molecule has 1 nitrogen and oxygen atoms in total. The van der Waals surface area contributed by atoms with E-state index in [1.807, 2.05) is 0 Å². The summed E-state index contributed by atoms with van der Waals surface area (Å²) in [6, 6.07) is 14.0. The first-order chi connectivity index (χ1) is 10.2. The highest BCUT2D eigenvalue weighted by Gasteiger charge is 2.19. The summed E-state index contributed by atoms with van der Waals surface area (Å²) in [5.41, 5.74) is 1.97. The molecule has 0 unspecified atom stereocenters. The van der Waals surface area contributed by atoms with Crippen molar-refractivity contribution in [1.29, 1.82) is 0 Å². The predicted molar refractivity (Wildman–Crippen MR) is 87.3 cm³/mol. The first kappa shape index (κ1) is 14.9. The van der Waals surface area contributed by atoms with Crippen molar-refractivity contribution >= 4 is 23.4 Å². The van der Waals surface area contributed by atoms with Crippen LogP contribution in [0, 0.1) is 5.82 Å². The van der Waals surface area contributed by atoms with Gasteiger partial charge in [0.2, 0.25) is 0 Å². The Morgan fingerprint density at radius 3 is 2.81 bits per heavy atom. The van der Waals surface area contributed by atoms with Gasteiger partial charge in [0.1, 0.15) is 5.82 Å². The molecule has 3 rings (SSSR count). The first-order valence-corrected chi connectivity index (χ1v) is 8.46. The Labute approximate surface area is 133 Å². The van der Waals surface area contributed by atoms with Crippen LogP contribution in [0.1, 0.15) is 24.0 Å². The van der Waals surface area contributed by atoms with Crippen LogP contribution in [0.4, 0.5) is 4.39 Å². The highest BCUT2D eigenvalue weighted by molar-refractivity contribution is 7.98. The lowest BCUT2D eigenvalue weighted by Gasteiger charge is -2.07. The maximum absolute atomic E-state index is 13.7. The molecule has 0 amide bonds. The van der Waals surface area contributed by atoms with Crippen LogP contribution in [-0.4, -0.2) is 6.04 Å². The maximum atomic E-state index is 13.7. The predicted octanol–water partition coefficient (Wildman–Crippen LogP) is 5.02. The molecule has 0 heterocycles. The third-order valence-corrected chi connectivity index (χ3v) is 4.76. The summed E-state index contributed by atoms with van der Waals surface area (Å²) in [7, 11) is 0. The summed E-state index contributed by atoms with van der Waals surface area (Å²) in [5, 5.41) is 3.94. The maximum Gasteiger partial charge on any atom is 0.128 e. The van der Waals surface area contributed by atoms with Gasteiger partial charge in [-0.05, 0) is 48.2 Å². The average molecular weight is 322 g/mol. The van der Waals surface area contributed by atoms with Crippen molar-refractivity contribution < 1.29 is 4.39 Å². The third kappa shape index (κ3) is 4.47. The topological polar surface area (TPSA) is 12.0 Å². The van der Waals surface area contributed by atoms with Gasteiger partial charge < -0.3 is 5.32 Å². The van der Waals surface area contributed by atoms with Gasteiger partial charge in [-0.2, -0.15) is 0 Å². The molecular weight excluding hydrogens is 305 g/mol. The number of rotatable bonds is 6. The lowest BCUT2D eigenvalue weighted by atomic mass is 10.2. The van der Waals surface area contributed by atoms with E-state index in [4.69, 9.17) is 11.6 Å². The van der Waals surface area contributed by atoms with Crippen LogP contribution in [0.25, 0.3) is 0 Å². The summed E-state index contributed by atoms with van der Waals surface area (Å²) >= 11 is 7.41. The van der Waals surface area contributed by atoms with Crippen molar-refractivity contribution in [3.05, 3.63) is 64.4 Å². The molecule has 0 spiro atoms. The molecule has 4 heteroatoms. The molecule has 1 saturated carbocycles. The van der Waals surface area contributed by atoms with Crippen LogP contribution in [-0.2, 0) is 12.3 Å². The van der Waals surface area contributed by atoms with Crippen molar-refractivity contribution in [1.82, 2.24) is 5.32 Å². The highest BCUT2D eigenvalue weighted by atomic mass is 35.5. The molecule has 0 atom stereocenters. The summed E-state index contributed by atoms with van der Waals surface area (Å²) in [6.07, 6.45) is 2.59. The van der Waals surface area contributed by atoms with E-state index in [1.165, 1.54) is 29.4 Å². The average Bonchev–Trinajstić information content (AvgIpc) is 3.29. The fourth-order valence-corrected chi connectivity index (χ4v) is 3.22. The van der Waals surface area contributed by atoms with Crippen LogP contribution in [0.2, 0.25) is 5.02 Å². The zero-order valence-corrected chi connectivity index (χ0v) is 13.2. The van der Waals surface area contributed by atoms with Gasteiger partial charge in [0.15, 0.2) is 0 Å². The Kier molecular flexibility index (Phi) is 4.84. The van der Waals surface area contributed by atoms with Crippen molar-refractivity contribution in [2.75, 3.05) is 0 Å². The molecule has 0 aromatic heterocycles. The van der Waals surface area contributed by atoms with Crippen LogP contribution < -0.4 is 5.32 Å². The molecular formula is C17H17ClFNS. The molecule has 21 heavy (non-hydrogen) atoms. The molecule has 1 fully saturated rings. The second kappa shape index (κ2) is 6.82. The van der Waals surface area contributed by atoms with Crippen LogP contribution in [0.3, 0.4) is 0 Å². The summed E-state index contributed by atoms with van der Waals surface area (Å²) in [6.45, 7) is 0.911. The number of hydrogen-bond donors (Lipinski definition) is 1. The number of thioether (sulfide) groups is 1. The molecule has 110 valence electrons. The van der Waals surface area contributed by atoms with E-state index >= 15 is 0 Å². The number of benzene rings is 2. The first-order valence-electron chi connectivity index (χ1n) is 7.10. The monoisotopic (exact) mass is 321 g/mol. The van der Waals surface area contributed by atoms with Gasteiger partial charge in [0, 0.05) is 28.3 Å². The second-order valence-corrected chi connectivity index (χ2v) is 6.81. The van der Waals surface area contributed by atoms with Crippen LogP contribution in [0.15, 0.2) is 47.4 Å². The molecule has 2 aromatic rings. The molecule has 1 aliphatic rings. The molecule has 0 saturated heterocycles. The minimum absolute atomic E-state index is 0.235. The van der Waals surface area contributed by atoms with E-state index < -0.39 is 0 Å². The van der Waals surface area contributed by atoms with E-state index in [2.05, 4.69) is 29.6 Å². The second-order valence-electron chi connectivity index (χ2n) is 5.33. The zero-order valence-electron chi connectivity index (χ0n) is 11.6. The Bertz CT molecular complexity index is 628. The zero-order chi connectivity index (χ0) is 14.7. The molecule has 1 aliphatic carbocycles. The SMILES string of the molecule is Fc1cc(Cl)ccc1CSc1cccc(CNC2CC2)c1. The lowest BCUT2D eigenvalue weighted by Crippen LogP contribution is -2.15. The highest BCUT2D eigenvalue weighted by Crippen LogP contribution is 2.26. The van der Waals surface area contributed by atoms with Crippen molar-refractivity contribution in [3.63, 3.8) is 0 Å². The Hall–Kier alpha value is -1.03. The molecule has 1 N–H and O–H groups in total. The normalized spacial score (nSPS) is 14.4. The molecule has 0 radical (unpaired) electrons. The molecule has 0 bridgehead atoms. The van der Waals surface area contributed by atoms with Crippen molar-refractivity contribution in [2.45, 2.75) is 36.1 Å². The van der Waals surface area contributed by atoms with E-state index in [-0.39, 0.29) is 5.82 Å². The Morgan fingerprint density at radius 1 is 1.19 bits per heavy atom. The Morgan fingerprint density at radius 2 is 2.05 bits per heavy atom. The summed E-state index contributed by atoms with van der Waals surface area (Å²) < 4.78 is 13.7. The van der Waals surface area contributed by atoms with Gasteiger partial charge in [-0.1, -0.05) is 29.8 Å². The smallest absolute Gasteiger partial charge is 0.128 e. The largest absolute Gasteiger partial charge is 0.310 e. The van der Waals surface area contributed by atoms with E-state index in [0.717, 1.165) is 6.54 Å². The van der Waals surface area contributed by atoms with E-state index in [9.17, 15) is 4.39 Å². The lowest BCUT2D eigenvalue weighted by molar-refractivity contribution is 0.617. The van der Waals surface area contributed by atoms with Gasteiger partial charge in [-0.3, -0.25) is 0 Å². The third-order valence-electron chi connectivity index (χ3n) is 3.48. The Balaban J connectivity index is 1.60. The minimum Gasteiger partial charge on any atom is -0.310 e. The van der Waals surface area contributed by atoms with Gasteiger partial charge in [0.05, 0.1) is 0 Å². The fourth-order valence-electron chi connectivity index (χ4n) is 2.09. The standard InChI is InChI=1S/C17H17ClFNS/c18-14-5-4-13(17(19)9-14)11-21-16-3-1-2-12(8-16)10-20-15-6-7-15/h1-5,8-9,15,20H,6-7,10-11H2. The van der Waals surface area contributed by atoms with Gasteiger partial charge >= 0.3 is 0 Å². The van der Waals surface area contributed by atoms with Gasteiger partial charge in [-0.25, -0.2) is 4.39 Å². The van der Waals surface area contributed by atoms with Gasteiger partial charge in [0.25, 0.3) is 0 Å². The summed E-state index contributed by atoms with van der Waals surface area (Å²) in [4.78, 5) is 1.17. The summed E-state index contributed by atoms with van der Waals surface area (Å²) in [5.74, 6) is 0.379. The number of hydrogen-bond acceptors (Lipinski definition) is 2.